The molecule has 1 aromatic carbocycles. The van der Waals surface area contributed by atoms with E-state index >= 15 is 0 Å². The number of amides is 1. The van der Waals surface area contributed by atoms with Crippen LogP contribution in [0, 0.1) is 27.7 Å². The van der Waals surface area contributed by atoms with E-state index in [2.05, 4.69) is 5.32 Å². The molecule has 9 heteroatoms. The molecule has 0 aromatic heterocycles. The van der Waals surface area contributed by atoms with E-state index in [4.69, 9.17) is 5.11 Å². The van der Waals surface area contributed by atoms with Gasteiger partial charge in [0, 0.05) is 6.54 Å². The lowest BCUT2D eigenvalue weighted by atomic mass is 10.1. The summed E-state index contributed by atoms with van der Waals surface area (Å²) in [5.41, 5.74) is -1.94. The molecule has 0 radical (unpaired) electrons. The van der Waals surface area contributed by atoms with Crippen molar-refractivity contribution in [2.45, 2.75) is 13.3 Å². The number of carbonyl (C=O) groups excluding carboxylic acids is 1. The quantitative estimate of drug-likeness (QED) is 0.614. The van der Waals surface area contributed by atoms with Crippen LogP contribution in [0.2, 0.25) is 0 Å². The van der Waals surface area contributed by atoms with Gasteiger partial charge in [-0.05, 0) is 12.5 Å². The fourth-order valence-corrected chi connectivity index (χ4v) is 1.49. The van der Waals surface area contributed by atoms with Gasteiger partial charge in [-0.2, -0.15) is 4.39 Å². The van der Waals surface area contributed by atoms with Gasteiger partial charge in [0.1, 0.15) is 5.82 Å². The number of hydrogen-bond acceptors (Lipinski definition) is 4. The summed E-state index contributed by atoms with van der Waals surface area (Å²) in [6.45, 7) is 1.33. The molecule has 0 bridgehead atoms. The first-order valence-corrected chi connectivity index (χ1v) is 5.88. The van der Waals surface area contributed by atoms with Crippen molar-refractivity contribution >= 4 is 17.6 Å². The Kier molecular flexibility index (Phi) is 5.28. The SMILES string of the molecule is CC(CCNC(=O)c1cc(F)cc([N+](=O)[O-])c1F)C(=O)O. The van der Waals surface area contributed by atoms with Gasteiger partial charge in [0.25, 0.3) is 5.91 Å². The third kappa shape index (κ3) is 4.20. The van der Waals surface area contributed by atoms with E-state index in [-0.39, 0.29) is 13.0 Å². The van der Waals surface area contributed by atoms with Crippen LogP contribution in [0.1, 0.15) is 23.7 Å². The lowest BCUT2D eigenvalue weighted by Gasteiger charge is -2.08. The fourth-order valence-electron chi connectivity index (χ4n) is 1.49. The number of carboxylic acid groups (broad SMARTS) is 1. The monoisotopic (exact) mass is 302 g/mol. The maximum Gasteiger partial charge on any atom is 0.308 e. The molecule has 0 aliphatic rings. The fraction of sp³-hybridized carbons (Fsp3) is 0.333. The Morgan fingerprint density at radius 1 is 1.43 bits per heavy atom. The van der Waals surface area contributed by atoms with Gasteiger partial charge in [0.05, 0.1) is 22.5 Å². The minimum absolute atomic E-state index is 0.0834. The first kappa shape index (κ1) is 16.5. The van der Waals surface area contributed by atoms with E-state index in [1.807, 2.05) is 0 Å². The molecular formula is C12H12F2N2O5. The number of nitro benzene ring substituents is 1. The molecule has 1 aromatic rings. The van der Waals surface area contributed by atoms with Gasteiger partial charge in [0.15, 0.2) is 0 Å². The van der Waals surface area contributed by atoms with E-state index in [0.29, 0.717) is 12.1 Å². The zero-order valence-electron chi connectivity index (χ0n) is 10.9. The molecule has 0 fully saturated rings. The summed E-state index contributed by atoms with van der Waals surface area (Å²) in [5.74, 6) is -5.39. The number of rotatable bonds is 6. The molecule has 1 amide bonds. The van der Waals surface area contributed by atoms with Crippen molar-refractivity contribution in [3.05, 3.63) is 39.4 Å². The smallest absolute Gasteiger partial charge is 0.308 e. The van der Waals surface area contributed by atoms with Crippen molar-refractivity contribution in [2.24, 2.45) is 5.92 Å². The van der Waals surface area contributed by atoms with Gasteiger partial charge in [-0.3, -0.25) is 19.7 Å². The number of nitro groups is 1. The average Bonchev–Trinajstić information content (AvgIpc) is 2.40. The van der Waals surface area contributed by atoms with E-state index in [0.717, 1.165) is 0 Å². The molecule has 1 unspecified atom stereocenters. The minimum atomic E-state index is -1.44. The summed E-state index contributed by atoms with van der Waals surface area (Å²) in [4.78, 5) is 31.6. The summed E-state index contributed by atoms with van der Waals surface area (Å²) in [7, 11) is 0. The number of hydrogen-bond donors (Lipinski definition) is 2. The van der Waals surface area contributed by atoms with Crippen molar-refractivity contribution in [1.82, 2.24) is 5.32 Å². The second-order valence-corrected chi connectivity index (χ2v) is 4.33. The molecule has 1 rings (SSSR count). The van der Waals surface area contributed by atoms with E-state index in [1.54, 1.807) is 0 Å². The van der Waals surface area contributed by atoms with Crippen molar-refractivity contribution in [3.8, 4) is 0 Å². The third-order valence-corrected chi connectivity index (χ3v) is 2.74. The Bertz CT molecular complexity index is 591. The topological polar surface area (TPSA) is 110 Å². The molecule has 2 N–H and O–H groups in total. The lowest BCUT2D eigenvalue weighted by Crippen LogP contribution is -2.28. The van der Waals surface area contributed by atoms with Crippen LogP contribution in [-0.4, -0.2) is 28.5 Å². The van der Waals surface area contributed by atoms with Crippen LogP contribution in [0.25, 0.3) is 0 Å². The van der Waals surface area contributed by atoms with Crippen molar-refractivity contribution in [3.63, 3.8) is 0 Å². The van der Waals surface area contributed by atoms with Crippen LogP contribution in [0.5, 0.6) is 0 Å². The Labute approximate surface area is 117 Å². The first-order chi connectivity index (χ1) is 9.73. The van der Waals surface area contributed by atoms with Crippen LogP contribution in [0.4, 0.5) is 14.5 Å². The number of carbonyl (C=O) groups is 2. The predicted molar refractivity (Wildman–Crippen MR) is 66.8 cm³/mol. The number of benzene rings is 1. The number of halogens is 2. The number of nitrogens with one attached hydrogen (secondary N) is 1. The maximum absolute atomic E-state index is 13.7. The van der Waals surface area contributed by atoms with Gasteiger partial charge in [-0.25, -0.2) is 4.39 Å². The molecule has 0 aliphatic heterocycles. The van der Waals surface area contributed by atoms with Crippen LogP contribution in [0.3, 0.4) is 0 Å². The van der Waals surface area contributed by atoms with E-state index < -0.39 is 45.6 Å². The highest BCUT2D eigenvalue weighted by Gasteiger charge is 2.24. The second kappa shape index (κ2) is 6.73. The predicted octanol–water partition coefficient (Wildman–Crippen LogP) is 1.71. The number of carboxylic acids is 1. The van der Waals surface area contributed by atoms with Crippen LogP contribution >= 0.6 is 0 Å². The highest BCUT2D eigenvalue weighted by Crippen LogP contribution is 2.22. The molecule has 0 heterocycles. The zero-order chi connectivity index (χ0) is 16.2. The third-order valence-electron chi connectivity index (χ3n) is 2.74. The summed E-state index contributed by atoms with van der Waals surface area (Å²) in [6, 6.07) is 0.914. The van der Waals surface area contributed by atoms with Crippen molar-refractivity contribution in [1.29, 1.82) is 0 Å². The lowest BCUT2D eigenvalue weighted by molar-refractivity contribution is -0.387. The summed E-state index contributed by atoms with van der Waals surface area (Å²) >= 11 is 0. The van der Waals surface area contributed by atoms with Crippen molar-refractivity contribution in [2.75, 3.05) is 6.54 Å². The average molecular weight is 302 g/mol. The van der Waals surface area contributed by atoms with Gasteiger partial charge in [-0.15, -0.1) is 0 Å². The summed E-state index contributed by atoms with van der Waals surface area (Å²) < 4.78 is 26.9. The number of aliphatic carboxylic acids is 1. The van der Waals surface area contributed by atoms with Gasteiger partial charge in [0.2, 0.25) is 5.82 Å². The Hall–Kier alpha value is -2.58. The molecule has 0 saturated heterocycles. The van der Waals surface area contributed by atoms with Gasteiger partial charge >= 0.3 is 11.7 Å². The molecule has 114 valence electrons. The Morgan fingerprint density at radius 2 is 2.05 bits per heavy atom. The molecular weight excluding hydrogens is 290 g/mol. The zero-order valence-corrected chi connectivity index (χ0v) is 10.9. The summed E-state index contributed by atoms with van der Waals surface area (Å²) in [6.07, 6.45) is 0.0834. The highest BCUT2D eigenvalue weighted by molar-refractivity contribution is 5.95. The molecule has 21 heavy (non-hydrogen) atoms. The Morgan fingerprint density at radius 3 is 2.57 bits per heavy atom. The number of nitrogens with zero attached hydrogens (tertiary/aromatic N) is 1. The highest BCUT2D eigenvalue weighted by atomic mass is 19.1. The molecule has 0 aliphatic carbocycles. The maximum atomic E-state index is 13.7. The summed E-state index contributed by atoms with van der Waals surface area (Å²) in [5, 5.41) is 21.4. The van der Waals surface area contributed by atoms with Crippen LogP contribution in [0.15, 0.2) is 12.1 Å². The first-order valence-electron chi connectivity index (χ1n) is 5.88. The van der Waals surface area contributed by atoms with Crippen LogP contribution < -0.4 is 5.32 Å². The molecule has 0 saturated carbocycles. The largest absolute Gasteiger partial charge is 0.481 e. The normalized spacial score (nSPS) is 11.8. The standard InChI is InChI=1S/C12H12F2N2O5/c1-6(12(18)19)2-3-15-11(17)8-4-7(13)5-9(10(8)14)16(20)21/h4-6H,2-3H2,1H3,(H,15,17)(H,18,19). The second-order valence-electron chi connectivity index (χ2n) is 4.33. The molecule has 1 atom stereocenters. The van der Waals surface area contributed by atoms with Gasteiger partial charge < -0.3 is 10.4 Å². The Balaban J connectivity index is 2.83. The molecule has 7 nitrogen and oxygen atoms in total. The van der Waals surface area contributed by atoms with Crippen molar-refractivity contribution < 1.29 is 28.4 Å². The van der Waals surface area contributed by atoms with E-state index in [1.165, 1.54) is 6.92 Å². The van der Waals surface area contributed by atoms with E-state index in [9.17, 15) is 28.5 Å². The minimum Gasteiger partial charge on any atom is -0.481 e. The van der Waals surface area contributed by atoms with Crippen LogP contribution in [-0.2, 0) is 4.79 Å². The molecule has 0 spiro atoms. The van der Waals surface area contributed by atoms with Gasteiger partial charge in [-0.1, -0.05) is 6.92 Å².